The van der Waals surface area contributed by atoms with Crippen molar-refractivity contribution in [2.24, 2.45) is 0 Å². The van der Waals surface area contributed by atoms with Gasteiger partial charge in [-0.3, -0.25) is 5.10 Å². The van der Waals surface area contributed by atoms with E-state index in [1.165, 1.54) is 26.8 Å². The molecular weight excluding hydrogens is 314 g/mol. The van der Waals surface area contributed by atoms with Gasteiger partial charge in [0, 0.05) is 16.2 Å². The van der Waals surface area contributed by atoms with Crippen molar-refractivity contribution in [2.75, 3.05) is 0 Å². The van der Waals surface area contributed by atoms with Gasteiger partial charge in [-0.25, -0.2) is 4.98 Å². The average molecular weight is 331 g/mol. The molecule has 0 atom stereocenters. The fourth-order valence-corrected chi connectivity index (χ4v) is 3.95. The van der Waals surface area contributed by atoms with Gasteiger partial charge < -0.3 is 0 Å². The van der Waals surface area contributed by atoms with Gasteiger partial charge in [0.25, 0.3) is 0 Å². The number of nitrogens with one attached hydrogen (secondary N) is 1. The van der Waals surface area contributed by atoms with E-state index in [2.05, 4.69) is 82.8 Å². The summed E-state index contributed by atoms with van der Waals surface area (Å²) in [5.74, 6) is 1.76. The van der Waals surface area contributed by atoms with Crippen molar-refractivity contribution in [2.45, 2.75) is 17.6 Å². The molecule has 1 aromatic heterocycles. The van der Waals surface area contributed by atoms with Gasteiger partial charge in [0.15, 0.2) is 5.82 Å². The number of benzene rings is 3. The average Bonchev–Trinajstić information content (AvgIpc) is 3.14. The van der Waals surface area contributed by atoms with Crippen LogP contribution in [0.4, 0.5) is 0 Å². The van der Waals surface area contributed by atoms with Crippen LogP contribution >= 0.6 is 11.8 Å². The first-order valence-electron chi connectivity index (χ1n) is 7.86. The standard InChI is InChI=1S/C20H17N3S/c1-14-9-17(20-21-13-22-23-20)11-18(10-14)24-12-16-7-4-6-15-5-2-3-8-19(15)16/h2-11,13H,12H2,1H3,(H,21,22,23). The molecule has 1 N–H and O–H groups in total. The molecule has 0 radical (unpaired) electrons. The second-order valence-electron chi connectivity index (χ2n) is 5.80. The van der Waals surface area contributed by atoms with Gasteiger partial charge in [0.05, 0.1) is 0 Å². The molecule has 1 heterocycles. The molecule has 4 aromatic rings. The van der Waals surface area contributed by atoms with Gasteiger partial charge in [0.1, 0.15) is 6.33 Å². The maximum Gasteiger partial charge on any atom is 0.155 e. The maximum atomic E-state index is 4.25. The Bertz CT molecular complexity index is 972. The summed E-state index contributed by atoms with van der Waals surface area (Å²) in [5, 5.41) is 9.50. The molecule has 3 nitrogen and oxygen atoms in total. The van der Waals surface area contributed by atoms with E-state index in [0.717, 1.165) is 17.1 Å². The summed E-state index contributed by atoms with van der Waals surface area (Å²) in [4.78, 5) is 5.50. The third-order valence-electron chi connectivity index (χ3n) is 4.01. The first kappa shape index (κ1) is 15.0. The summed E-state index contributed by atoms with van der Waals surface area (Å²) in [6.45, 7) is 2.11. The maximum absolute atomic E-state index is 4.25. The predicted molar refractivity (Wildman–Crippen MR) is 100 cm³/mol. The smallest absolute Gasteiger partial charge is 0.155 e. The number of nitrogens with zero attached hydrogens (tertiary/aromatic N) is 2. The highest BCUT2D eigenvalue weighted by molar-refractivity contribution is 7.98. The van der Waals surface area contributed by atoms with Gasteiger partial charge in [-0.1, -0.05) is 42.5 Å². The minimum Gasteiger partial charge on any atom is -0.259 e. The van der Waals surface area contributed by atoms with Crippen LogP contribution in [0.25, 0.3) is 22.2 Å². The molecule has 3 aromatic carbocycles. The molecule has 0 aliphatic heterocycles. The lowest BCUT2D eigenvalue weighted by Crippen LogP contribution is -1.87. The molecule has 0 fully saturated rings. The highest BCUT2D eigenvalue weighted by Crippen LogP contribution is 2.30. The lowest BCUT2D eigenvalue weighted by atomic mass is 10.1. The highest BCUT2D eigenvalue weighted by Gasteiger charge is 2.06. The van der Waals surface area contributed by atoms with Crippen LogP contribution in [-0.4, -0.2) is 15.2 Å². The summed E-state index contributed by atoms with van der Waals surface area (Å²) in [6, 6.07) is 21.6. The first-order valence-corrected chi connectivity index (χ1v) is 8.85. The highest BCUT2D eigenvalue weighted by atomic mass is 32.2. The summed E-state index contributed by atoms with van der Waals surface area (Å²) < 4.78 is 0. The molecule has 0 unspecified atom stereocenters. The van der Waals surface area contributed by atoms with Gasteiger partial charge in [-0.05, 0) is 47.0 Å². The quantitative estimate of drug-likeness (QED) is 0.521. The number of thioether (sulfide) groups is 1. The zero-order valence-electron chi connectivity index (χ0n) is 13.4. The second kappa shape index (κ2) is 6.49. The Morgan fingerprint density at radius 3 is 2.75 bits per heavy atom. The van der Waals surface area contributed by atoms with Crippen molar-refractivity contribution >= 4 is 22.5 Å². The van der Waals surface area contributed by atoms with E-state index in [-0.39, 0.29) is 0 Å². The molecule has 24 heavy (non-hydrogen) atoms. The van der Waals surface area contributed by atoms with Crippen LogP contribution in [0, 0.1) is 6.92 Å². The predicted octanol–water partition coefficient (Wildman–Crippen LogP) is 5.23. The minimum absolute atomic E-state index is 0.811. The monoisotopic (exact) mass is 331 g/mol. The van der Waals surface area contributed by atoms with E-state index >= 15 is 0 Å². The Balaban J connectivity index is 1.62. The van der Waals surface area contributed by atoms with Gasteiger partial charge in [-0.15, -0.1) is 11.8 Å². The van der Waals surface area contributed by atoms with Crippen LogP contribution in [0.1, 0.15) is 11.1 Å². The van der Waals surface area contributed by atoms with Crippen molar-refractivity contribution in [3.05, 3.63) is 78.1 Å². The molecule has 0 spiro atoms. The van der Waals surface area contributed by atoms with Crippen LogP contribution in [0.2, 0.25) is 0 Å². The molecule has 0 aliphatic rings. The molecule has 0 saturated carbocycles. The van der Waals surface area contributed by atoms with Crippen molar-refractivity contribution in [3.8, 4) is 11.4 Å². The number of H-pyrrole nitrogens is 1. The Hall–Kier alpha value is -2.59. The van der Waals surface area contributed by atoms with E-state index in [4.69, 9.17) is 0 Å². The largest absolute Gasteiger partial charge is 0.259 e. The molecule has 4 heteroatoms. The lowest BCUT2D eigenvalue weighted by molar-refractivity contribution is 1.09. The number of hydrogen-bond acceptors (Lipinski definition) is 3. The fraction of sp³-hybridized carbons (Fsp3) is 0.100. The topological polar surface area (TPSA) is 41.6 Å². The molecule has 0 bridgehead atoms. The molecule has 4 rings (SSSR count). The van der Waals surface area contributed by atoms with Crippen LogP contribution < -0.4 is 0 Å². The summed E-state index contributed by atoms with van der Waals surface area (Å²) in [6.07, 6.45) is 1.54. The summed E-state index contributed by atoms with van der Waals surface area (Å²) in [7, 11) is 0. The van der Waals surface area contributed by atoms with Crippen molar-refractivity contribution in [1.82, 2.24) is 15.2 Å². The molecule has 0 aliphatic carbocycles. The molecular formula is C20H17N3S. The van der Waals surface area contributed by atoms with Gasteiger partial charge >= 0.3 is 0 Å². The normalized spacial score (nSPS) is 11.0. The van der Waals surface area contributed by atoms with Crippen molar-refractivity contribution in [3.63, 3.8) is 0 Å². The third-order valence-corrected chi connectivity index (χ3v) is 5.04. The number of aromatic amines is 1. The number of hydrogen-bond donors (Lipinski definition) is 1. The molecule has 0 amide bonds. The Morgan fingerprint density at radius 1 is 1.00 bits per heavy atom. The zero-order valence-corrected chi connectivity index (χ0v) is 14.2. The lowest BCUT2D eigenvalue weighted by Gasteiger charge is -2.08. The van der Waals surface area contributed by atoms with Crippen LogP contribution in [-0.2, 0) is 5.75 Å². The Labute approximate surface area is 145 Å². The van der Waals surface area contributed by atoms with E-state index in [1.807, 2.05) is 11.8 Å². The molecule has 118 valence electrons. The van der Waals surface area contributed by atoms with E-state index < -0.39 is 0 Å². The van der Waals surface area contributed by atoms with Crippen LogP contribution in [0.15, 0.2) is 71.9 Å². The number of aryl methyl sites for hydroxylation is 1. The number of fused-ring (bicyclic) bond motifs is 1. The zero-order chi connectivity index (χ0) is 16.4. The number of aromatic nitrogens is 3. The molecule has 0 saturated heterocycles. The van der Waals surface area contributed by atoms with E-state index in [1.54, 1.807) is 6.33 Å². The van der Waals surface area contributed by atoms with Gasteiger partial charge in [0.2, 0.25) is 0 Å². The third kappa shape index (κ3) is 3.05. The van der Waals surface area contributed by atoms with Gasteiger partial charge in [-0.2, -0.15) is 5.10 Å². The Morgan fingerprint density at radius 2 is 1.88 bits per heavy atom. The SMILES string of the molecule is Cc1cc(SCc2cccc3ccccc23)cc(-c2ncn[nH]2)c1. The summed E-state index contributed by atoms with van der Waals surface area (Å²) in [5.41, 5.74) is 3.66. The fourth-order valence-electron chi connectivity index (χ4n) is 2.89. The Kier molecular flexibility index (Phi) is 4.05. The second-order valence-corrected chi connectivity index (χ2v) is 6.84. The first-order chi connectivity index (χ1) is 11.8. The van der Waals surface area contributed by atoms with Crippen molar-refractivity contribution in [1.29, 1.82) is 0 Å². The minimum atomic E-state index is 0.811. The van der Waals surface area contributed by atoms with E-state index in [9.17, 15) is 0 Å². The van der Waals surface area contributed by atoms with Crippen molar-refractivity contribution < 1.29 is 0 Å². The number of rotatable bonds is 4. The van der Waals surface area contributed by atoms with E-state index in [0.29, 0.717) is 0 Å². The van der Waals surface area contributed by atoms with Crippen LogP contribution in [0.5, 0.6) is 0 Å². The summed E-state index contributed by atoms with van der Waals surface area (Å²) >= 11 is 1.85. The van der Waals surface area contributed by atoms with Crippen LogP contribution in [0.3, 0.4) is 0 Å².